The molecule has 17 heavy (non-hydrogen) atoms. The Balaban J connectivity index is 2.24. The van der Waals surface area contributed by atoms with Crippen molar-refractivity contribution in [3.8, 4) is 11.5 Å². The van der Waals surface area contributed by atoms with Crippen LogP contribution >= 0.6 is 12.2 Å². The molecule has 0 bridgehead atoms. The molecular weight excluding hydrogens is 239 g/mol. The van der Waals surface area contributed by atoms with E-state index in [4.69, 9.17) is 22.7 Å². The molecule has 0 fully saturated rings. The molecule has 0 unspecified atom stereocenters. The number of ether oxygens (including phenoxy) is 1. The molecule has 0 saturated carbocycles. The summed E-state index contributed by atoms with van der Waals surface area (Å²) in [5.41, 5.74) is 5.92. The Kier molecular flexibility index (Phi) is 3.30. The summed E-state index contributed by atoms with van der Waals surface area (Å²) in [6.45, 7) is 0. The molecule has 5 heteroatoms. The number of nitrogens with two attached hydrogens (primary N) is 1. The molecule has 0 atom stereocenters. The molecule has 0 aliphatic carbocycles. The van der Waals surface area contributed by atoms with Crippen LogP contribution in [0.4, 0.5) is 4.39 Å². The average molecular weight is 248 g/mol. The highest BCUT2D eigenvalue weighted by molar-refractivity contribution is 7.80. The zero-order valence-electron chi connectivity index (χ0n) is 8.76. The molecule has 2 aromatic rings. The lowest BCUT2D eigenvalue weighted by molar-refractivity contribution is 0.476. The molecule has 0 aliphatic rings. The lowest BCUT2D eigenvalue weighted by Crippen LogP contribution is -2.11. The van der Waals surface area contributed by atoms with Gasteiger partial charge in [-0.05, 0) is 18.2 Å². The van der Waals surface area contributed by atoms with Crippen LogP contribution in [0.1, 0.15) is 5.69 Å². The van der Waals surface area contributed by atoms with Crippen molar-refractivity contribution in [3.05, 3.63) is 54.1 Å². The van der Waals surface area contributed by atoms with E-state index in [1.807, 2.05) is 0 Å². The Morgan fingerprint density at radius 2 is 2.00 bits per heavy atom. The van der Waals surface area contributed by atoms with Gasteiger partial charge in [-0.1, -0.05) is 18.3 Å². The van der Waals surface area contributed by atoms with E-state index in [9.17, 15) is 4.39 Å². The molecule has 2 rings (SSSR count). The van der Waals surface area contributed by atoms with Crippen LogP contribution in [0.5, 0.6) is 11.5 Å². The van der Waals surface area contributed by atoms with E-state index < -0.39 is 0 Å². The predicted octanol–water partition coefficient (Wildman–Crippen LogP) is 2.65. The minimum atomic E-state index is -0.355. The SMILES string of the molecule is NC(=S)c1cc(Oc2cccc(F)c2)ccn1. The number of halogens is 1. The van der Waals surface area contributed by atoms with Crippen molar-refractivity contribution < 1.29 is 9.13 Å². The first kappa shape index (κ1) is 11.5. The number of aromatic nitrogens is 1. The quantitative estimate of drug-likeness (QED) is 0.848. The van der Waals surface area contributed by atoms with Crippen molar-refractivity contribution in [2.45, 2.75) is 0 Å². The minimum Gasteiger partial charge on any atom is -0.457 e. The maximum atomic E-state index is 12.9. The maximum Gasteiger partial charge on any atom is 0.131 e. The van der Waals surface area contributed by atoms with Gasteiger partial charge in [0.05, 0.1) is 0 Å². The second-order valence-electron chi connectivity index (χ2n) is 3.30. The molecule has 86 valence electrons. The standard InChI is InChI=1S/C12H9FN2OS/c13-8-2-1-3-9(6-8)16-10-4-5-15-11(7-10)12(14)17/h1-7H,(H2,14,17). The zero-order chi connectivity index (χ0) is 12.3. The third-order valence-corrected chi connectivity index (χ3v) is 2.22. The van der Waals surface area contributed by atoms with Crippen LogP contribution in [0.2, 0.25) is 0 Å². The maximum absolute atomic E-state index is 12.9. The summed E-state index contributed by atoms with van der Waals surface area (Å²) in [6.07, 6.45) is 1.53. The molecule has 0 radical (unpaired) electrons. The van der Waals surface area contributed by atoms with E-state index in [2.05, 4.69) is 4.98 Å². The second kappa shape index (κ2) is 4.88. The summed E-state index contributed by atoms with van der Waals surface area (Å²) >= 11 is 4.81. The van der Waals surface area contributed by atoms with Crippen LogP contribution in [-0.2, 0) is 0 Å². The summed E-state index contributed by atoms with van der Waals surface area (Å²) in [6, 6.07) is 9.12. The van der Waals surface area contributed by atoms with Crippen molar-refractivity contribution >= 4 is 17.2 Å². The van der Waals surface area contributed by atoms with Crippen LogP contribution < -0.4 is 10.5 Å². The number of pyridine rings is 1. The number of nitrogens with zero attached hydrogens (tertiary/aromatic N) is 1. The van der Waals surface area contributed by atoms with Crippen molar-refractivity contribution in [2.75, 3.05) is 0 Å². The van der Waals surface area contributed by atoms with Crippen LogP contribution in [0.15, 0.2) is 42.6 Å². The highest BCUT2D eigenvalue weighted by Gasteiger charge is 2.02. The van der Waals surface area contributed by atoms with Gasteiger partial charge in [-0.3, -0.25) is 4.98 Å². The molecule has 1 aromatic carbocycles. The van der Waals surface area contributed by atoms with Gasteiger partial charge in [0.2, 0.25) is 0 Å². The average Bonchev–Trinajstić information content (AvgIpc) is 2.29. The highest BCUT2D eigenvalue weighted by atomic mass is 32.1. The van der Waals surface area contributed by atoms with Gasteiger partial charge < -0.3 is 10.5 Å². The topological polar surface area (TPSA) is 48.1 Å². The zero-order valence-corrected chi connectivity index (χ0v) is 9.58. The molecule has 0 saturated heterocycles. The fourth-order valence-corrected chi connectivity index (χ4v) is 1.39. The monoisotopic (exact) mass is 248 g/mol. The van der Waals surface area contributed by atoms with Gasteiger partial charge >= 0.3 is 0 Å². The van der Waals surface area contributed by atoms with Crippen molar-refractivity contribution in [3.63, 3.8) is 0 Å². The van der Waals surface area contributed by atoms with E-state index in [0.717, 1.165) is 0 Å². The lowest BCUT2D eigenvalue weighted by atomic mass is 10.3. The van der Waals surface area contributed by atoms with Gasteiger partial charge in [0.25, 0.3) is 0 Å². The molecule has 0 aliphatic heterocycles. The predicted molar refractivity (Wildman–Crippen MR) is 66.6 cm³/mol. The van der Waals surface area contributed by atoms with Gasteiger partial charge in [0, 0.05) is 18.3 Å². The first-order valence-electron chi connectivity index (χ1n) is 4.84. The number of rotatable bonds is 3. The normalized spacial score (nSPS) is 9.94. The van der Waals surface area contributed by atoms with Crippen LogP contribution in [-0.4, -0.2) is 9.97 Å². The summed E-state index contributed by atoms with van der Waals surface area (Å²) in [5, 5.41) is 0. The highest BCUT2D eigenvalue weighted by Crippen LogP contribution is 2.21. The van der Waals surface area contributed by atoms with E-state index in [-0.39, 0.29) is 10.8 Å². The third-order valence-electron chi connectivity index (χ3n) is 2.02. The molecule has 3 nitrogen and oxygen atoms in total. The Morgan fingerprint density at radius 1 is 1.24 bits per heavy atom. The van der Waals surface area contributed by atoms with Gasteiger partial charge in [-0.25, -0.2) is 4.39 Å². The van der Waals surface area contributed by atoms with Crippen molar-refractivity contribution in [1.82, 2.24) is 4.98 Å². The van der Waals surface area contributed by atoms with E-state index in [1.165, 1.54) is 18.3 Å². The minimum absolute atomic E-state index is 0.190. The molecule has 1 heterocycles. The summed E-state index contributed by atoms with van der Waals surface area (Å²) < 4.78 is 18.4. The summed E-state index contributed by atoms with van der Waals surface area (Å²) in [4.78, 5) is 4.17. The first-order chi connectivity index (χ1) is 8.15. The molecule has 1 aromatic heterocycles. The molecular formula is C12H9FN2OS. The van der Waals surface area contributed by atoms with Crippen LogP contribution in [0, 0.1) is 5.82 Å². The lowest BCUT2D eigenvalue weighted by Gasteiger charge is -2.06. The smallest absolute Gasteiger partial charge is 0.131 e. The van der Waals surface area contributed by atoms with E-state index in [1.54, 1.807) is 24.3 Å². The van der Waals surface area contributed by atoms with Crippen LogP contribution in [0.3, 0.4) is 0 Å². The van der Waals surface area contributed by atoms with E-state index >= 15 is 0 Å². The summed E-state index contributed by atoms with van der Waals surface area (Å²) in [7, 11) is 0. The summed E-state index contributed by atoms with van der Waals surface area (Å²) in [5.74, 6) is 0.560. The largest absolute Gasteiger partial charge is 0.457 e. The van der Waals surface area contributed by atoms with Gasteiger partial charge in [-0.2, -0.15) is 0 Å². The van der Waals surface area contributed by atoms with Crippen molar-refractivity contribution in [2.24, 2.45) is 5.73 Å². The Labute approximate surface area is 103 Å². The fraction of sp³-hybridized carbons (Fsp3) is 0. The fourth-order valence-electron chi connectivity index (χ4n) is 1.28. The van der Waals surface area contributed by atoms with Gasteiger partial charge in [0.15, 0.2) is 0 Å². The second-order valence-corrected chi connectivity index (χ2v) is 3.74. The third kappa shape index (κ3) is 2.98. The van der Waals surface area contributed by atoms with Crippen LogP contribution in [0.25, 0.3) is 0 Å². The van der Waals surface area contributed by atoms with Crippen molar-refractivity contribution in [1.29, 1.82) is 0 Å². The molecule has 0 amide bonds. The Bertz CT molecular complexity index is 560. The van der Waals surface area contributed by atoms with Gasteiger partial charge in [-0.15, -0.1) is 0 Å². The molecule has 0 spiro atoms. The number of thiocarbonyl (C=S) groups is 1. The number of hydrogen-bond acceptors (Lipinski definition) is 3. The molecule has 2 N–H and O–H groups in total. The number of benzene rings is 1. The Morgan fingerprint density at radius 3 is 2.71 bits per heavy atom. The van der Waals surface area contributed by atoms with E-state index in [0.29, 0.717) is 17.2 Å². The van der Waals surface area contributed by atoms with Gasteiger partial charge in [0.1, 0.15) is 28.0 Å². The Hall–Kier alpha value is -2.01. The number of hydrogen-bond donors (Lipinski definition) is 1. The first-order valence-corrected chi connectivity index (χ1v) is 5.25.